The molecule has 2 atom stereocenters. The number of carbonyl (C=O) groups is 1. The van der Waals surface area contributed by atoms with Crippen molar-refractivity contribution in [3.63, 3.8) is 0 Å². The van der Waals surface area contributed by atoms with E-state index >= 15 is 0 Å². The molecule has 0 bridgehead atoms. The largest absolute Gasteiger partial charge is 0.337 e. The highest BCUT2D eigenvalue weighted by Gasteiger charge is 2.29. The van der Waals surface area contributed by atoms with E-state index in [2.05, 4.69) is 27.4 Å². The summed E-state index contributed by atoms with van der Waals surface area (Å²) < 4.78 is 0. The number of hydrogen-bond acceptors (Lipinski definition) is 4. The molecule has 2 unspecified atom stereocenters. The van der Waals surface area contributed by atoms with E-state index in [1.165, 1.54) is 0 Å². The molecule has 1 amide bonds. The highest BCUT2D eigenvalue weighted by Crippen LogP contribution is 2.17. The summed E-state index contributed by atoms with van der Waals surface area (Å²) in [5.41, 5.74) is 0. The van der Waals surface area contributed by atoms with Crippen LogP contribution < -0.4 is 5.32 Å². The number of aromatic amines is 1. The van der Waals surface area contributed by atoms with Crippen LogP contribution in [0.2, 0.25) is 0 Å². The third-order valence-corrected chi connectivity index (χ3v) is 3.43. The van der Waals surface area contributed by atoms with Gasteiger partial charge in [-0.05, 0) is 32.2 Å². The van der Waals surface area contributed by atoms with Crippen LogP contribution in [0.1, 0.15) is 31.4 Å². The molecule has 0 aromatic carbocycles. The van der Waals surface area contributed by atoms with Crippen LogP contribution in [-0.4, -0.2) is 45.6 Å². The van der Waals surface area contributed by atoms with Gasteiger partial charge < -0.3 is 10.2 Å². The number of aryl methyl sites for hydroxylation is 1. The quantitative estimate of drug-likeness (QED) is 0.818. The topological polar surface area (TPSA) is 73.9 Å². The zero-order valence-corrected chi connectivity index (χ0v) is 11.2. The second-order valence-corrected chi connectivity index (χ2v) is 5.08. The third-order valence-electron chi connectivity index (χ3n) is 3.43. The number of H-pyrrole nitrogens is 1. The van der Waals surface area contributed by atoms with E-state index in [0.717, 1.165) is 25.2 Å². The number of hydrogen-bond donors (Lipinski definition) is 2. The Bertz CT molecular complexity index is 416. The summed E-state index contributed by atoms with van der Waals surface area (Å²) >= 11 is 0. The lowest BCUT2D eigenvalue weighted by Gasteiger charge is -2.31. The molecule has 0 saturated carbocycles. The van der Waals surface area contributed by atoms with Crippen LogP contribution in [0, 0.1) is 12.8 Å². The van der Waals surface area contributed by atoms with Crippen molar-refractivity contribution in [1.82, 2.24) is 25.4 Å². The molecule has 6 nitrogen and oxygen atoms in total. The van der Waals surface area contributed by atoms with E-state index in [0.29, 0.717) is 18.3 Å². The average Bonchev–Trinajstić information content (AvgIpc) is 2.74. The van der Waals surface area contributed by atoms with E-state index in [9.17, 15) is 4.79 Å². The molecular formula is C12H21N5O. The summed E-state index contributed by atoms with van der Waals surface area (Å²) in [6.07, 6.45) is 2.26. The maximum absolute atomic E-state index is 12.3. The third kappa shape index (κ3) is 2.87. The first-order chi connectivity index (χ1) is 8.58. The fourth-order valence-corrected chi connectivity index (χ4v) is 2.37. The van der Waals surface area contributed by atoms with E-state index in [1.54, 1.807) is 11.9 Å². The molecule has 1 saturated heterocycles. The normalized spacial score (nSPS) is 23.9. The van der Waals surface area contributed by atoms with Crippen LogP contribution >= 0.6 is 0 Å². The molecule has 18 heavy (non-hydrogen) atoms. The minimum Gasteiger partial charge on any atom is -0.337 e. The summed E-state index contributed by atoms with van der Waals surface area (Å²) in [5.74, 6) is 1.95. The highest BCUT2D eigenvalue weighted by molar-refractivity contribution is 5.82. The zero-order chi connectivity index (χ0) is 13.1. The predicted octanol–water partition coefficient (Wildman–Crippen LogP) is 0.460. The van der Waals surface area contributed by atoms with Crippen LogP contribution in [0.15, 0.2) is 0 Å². The van der Waals surface area contributed by atoms with Gasteiger partial charge in [0.05, 0.1) is 12.6 Å². The summed E-state index contributed by atoms with van der Waals surface area (Å²) in [5, 5.41) is 10.1. The SMILES string of the molecule is Cc1nc(CN(C)C(=O)C2NCCCC2C)n[nH]1. The first-order valence-electron chi connectivity index (χ1n) is 6.44. The zero-order valence-electron chi connectivity index (χ0n) is 11.2. The second kappa shape index (κ2) is 5.48. The van der Waals surface area contributed by atoms with Gasteiger partial charge in [-0.15, -0.1) is 0 Å². The monoisotopic (exact) mass is 251 g/mol. The number of nitrogens with zero attached hydrogens (tertiary/aromatic N) is 3. The van der Waals surface area contributed by atoms with Gasteiger partial charge in [-0.1, -0.05) is 6.92 Å². The second-order valence-electron chi connectivity index (χ2n) is 5.08. The van der Waals surface area contributed by atoms with Gasteiger partial charge >= 0.3 is 0 Å². The molecule has 1 aliphatic rings. The Balaban J connectivity index is 1.95. The predicted molar refractivity (Wildman–Crippen MR) is 67.8 cm³/mol. The van der Waals surface area contributed by atoms with Crippen molar-refractivity contribution in [3.05, 3.63) is 11.6 Å². The molecule has 100 valence electrons. The maximum atomic E-state index is 12.3. The smallest absolute Gasteiger partial charge is 0.240 e. The fraction of sp³-hybridized carbons (Fsp3) is 0.750. The van der Waals surface area contributed by atoms with E-state index < -0.39 is 0 Å². The molecule has 1 aliphatic heterocycles. The Hall–Kier alpha value is -1.43. The summed E-state index contributed by atoms with van der Waals surface area (Å²) in [4.78, 5) is 18.2. The van der Waals surface area contributed by atoms with Crippen LogP contribution in [0.25, 0.3) is 0 Å². The Kier molecular flexibility index (Phi) is 3.96. The Morgan fingerprint density at radius 3 is 2.94 bits per heavy atom. The van der Waals surface area contributed by atoms with Crippen molar-refractivity contribution in [1.29, 1.82) is 0 Å². The van der Waals surface area contributed by atoms with Crippen LogP contribution in [0.4, 0.5) is 0 Å². The molecule has 1 aromatic heterocycles. The lowest BCUT2D eigenvalue weighted by atomic mass is 9.92. The highest BCUT2D eigenvalue weighted by atomic mass is 16.2. The van der Waals surface area contributed by atoms with Gasteiger partial charge in [0.2, 0.25) is 5.91 Å². The van der Waals surface area contributed by atoms with E-state index in [4.69, 9.17) is 0 Å². The molecule has 2 N–H and O–H groups in total. The molecule has 2 rings (SSSR count). The molecule has 0 spiro atoms. The van der Waals surface area contributed by atoms with Crippen molar-refractivity contribution < 1.29 is 4.79 Å². The van der Waals surface area contributed by atoms with Gasteiger partial charge in [0.15, 0.2) is 5.82 Å². The van der Waals surface area contributed by atoms with Gasteiger partial charge in [-0.3, -0.25) is 9.89 Å². The van der Waals surface area contributed by atoms with E-state index in [1.807, 2.05) is 6.92 Å². The van der Waals surface area contributed by atoms with Crippen molar-refractivity contribution >= 4 is 5.91 Å². The number of likely N-dealkylation sites (N-methyl/N-ethyl adjacent to an activating group) is 1. The molecule has 0 aliphatic carbocycles. The Labute approximate surface area is 107 Å². The summed E-state index contributed by atoms with van der Waals surface area (Å²) in [7, 11) is 1.80. The molecule has 1 fully saturated rings. The maximum Gasteiger partial charge on any atom is 0.240 e. The summed E-state index contributed by atoms with van der Waals surface area (Å²) in [6, 6.07) is -0.0659. The number of amides is 1. The van der Waals surface area contributed by atoms with Crippen molar-refractivity contribution in [2.75, 3.05) is 13.6 Å². The van der Waals surface area contributed by atoms with Gasteiger partial charge in [0, 0.05) is 7.05 Å². The number of piperidine rings is 1. The fourth-order valence-electron chi connectivity index (χ4n) is 2.37. The van der Waals surface area contributed by atoms with Crippen LogP contribution in [0.5, 0.6) is 0 Å². The molecule has 2 heterocycles. The number of carbonyl (C=O) groups excluding carboxylic acids is 1. The van der Waals surface area contributed by atoms with Crippen LogP contribution in [-0.2, 0) is 11.3 Å². The Morgan fingerprint density at radius 1 is 1.56 bits per heavy atom. The molecular weight excluding hydrogens is 230 g/mol. The van der Waals surface area contributed by atoms with Crippen LogP contribution in [0.3, 0.4) is 0 Å². The van der Waals surface area contributed by atoms with Gasteiger partial charge in [-0.2, -0.15) is 5.10 Å². The lowest BCUT2D eigenvalue weighted by Crippen LogP contribution is -2.51. The minimum atomic E-state index is -0.0659. The average molecular weight is 251 g/mol. The first kappa shape index (κ1) is 13.0. The molecule has 6 heteroatoms. The minimum absolute atomic E-state index is 0.0659. The van der Waals surface area contributed by atoms with Crippen molar-refractivity contribution in [2.24, 2.45) is 5.92 Å². The Morgan fingerprint density at radius 2 is 2.33 bits per heavy atom. The van der Waals surface area contributed by atoms with Gasteiger partial charge in [-0.25, -0.2) is 4.98 Å². The molecule has 0 radical (unpaired) electrons. The number of aromatic nitrogens is 3. The summed E-state index contributed by atoms with van der Waals surface area (Å²) in [6.45, 7) is 5.35. The van der Waals surface area contributed by atoms with Gasteiger partial charge in [0.1, 0.15) is 5.82 Å². The number of rotatable bonds is 3. The number of nitrogens with one attached hydrogen (secondary N) is 2. The lowest BCUT2D eigenvalue weighted by molar-refractivity contribution is -0.134. The van der Waals surface area contributed by atoms with Crippen molar-refractivity contribution in [3.8, 4) is 0 Å². The van der Waals surface area contributed by atoms with E-state index in [-0.39, 0.29) is 11.9 Å². The van der Waals surface area contributed by atoms with Gasteiger partial charge in [0.25, 0.3) is 0 Å². The standard InChI is InChI=1S/C12H21N5O/c1-8-5-4-6-13-11(8)12(18)17(3)7-10-14-9(2)15-16-10/h8,11,13H,4-7H2,1-3H3,(H,14,15,16). The first-order valence-corrected chi connectivity index (χ1v) is 6.44. The molecule has 1 aromatic rings. The van der Waals surface area contributed by atoms with Crippen molar-refractivity contribution in [2.45, 2.75) is 39.3 Å².